The summed E-state index contributed by atoms with van der Waals surface area (Å²) in [5.41, 5.74) is -0.399. The number of pyridine rings is 1. The summed E-state index contributed by atoms with van der Waals surface area (Å²) in [5, 5.41) is 14.0. The third-order valence-corrected chi connectivity index (χ3v) is 8.23. The minimum absolute atomic E-state index is 0.116. The summed E-state index contributed by atoms with van der Waals surface area (Å²) < 4.78 is 39.7. The lowest BCUT2D eigenvalue weighted by molar-refractivity contribution is -0.141. The van der Waals surface area contributed by atoms with Crippen molar-refractivity contribution in [1.29, 1.82) is 0 Å². The first-order chi connectivity index (χ1) is 14.5. The maximum atomic E-state index is 13.0. The number of nitrogens with one attached hydrogen (secondary N) is 1. The number of halogens is 4. The van der Waals surface area contributed by atoms with Crippen LogP contribution >= 0.6 is 22.9 Å². The van der Waals surface area contributed by atoms with Crippen molar-refractivity contribution in [3.8, 4) is 0 Å². The highest BCUT2D eigenvalue weighted by Crippen LogP contribution is 2.49. The van der Waals surface area contributed by atoms with Crippen molar-refractivity contribution in [3.05, 3.63) is 44.9 Å². The molecule has 4 rings (SSSR count). The molecule has 10 heteroatoms. The Kier molecular flexibility index (Phi) is 5.79. The van der Waals surface area contributed by atoms with Crippen LogP contribution in [0.3, 0.4) is 0 Å². The Morgan fingerprint density at radius 3 is 2.45 bits per heavy atom. The van der Waals surface area contributed by atoms with Gasteiger partial charge in [0.15, 0.2) is 6.35 Å². The fourth-order valence-electron chi connectivity index (χ4n) is 4.95. The molecule has 1 saturated carbocycles. The van der Waals surface area contributed by atoms with Crippen molar-refractivity contribution in [2.45, 2.75) is 56.2 Å². The van der Waals surface area contributed by atoms with Crippen LogP contribution in [0.5, 0.6) is 0 Å². The number of aliphatic hydroxyl groups excluding tert-OH is 1. The van der Waals surface area contributed by atoms with Gasteiger partial charge in [-0.2, -0.15) is 13.2 Å². The number of aromatic nitrogens is 1. The maximum Gasteiger partial charge on any atom is 0.433 e. The van der Waals surface area contributed by atoms with Crippen molar-refractivity contribution >= 4 is 28.6 Å². The Morgan fingerprint density at radius 1 is 1.26 bits per heavy atom. The molecule has 1 saturated heterocycles. The molecule has 2 N–H and O–H groups in total. The van der Waals surface area contributed by atoms with E-state index in [9.17, 15) is 18.3 Å². The highest BCUT2D eigenvalue weighted by Gasteiger charge is 2.50. The molecule has 1 aliphatic carbocycles. The summed E-state index contributed by atoms with van der Waals surface area (Å²) in [6.45, 7) is 2.12. The fraction of sp³-hybridized carbons (Fsp3) is 0.571. The van der Waals surface area contributed by atoms with E-state index in [0.29, 0.717) is 17.8 Å². The van der Waals surface area contributed by atoms with Gasteiger partial charge in [0.05, 0.1) is 21.8 Å². The van der Waals surface area contributed by atoms with Crippen molar-refractivity contribution in [1.82, 2.24) is 15.2 Å². The van der Waals surface area contributed by atoms with E-state index in [1.807, 2.05) is 6.07 Å². The first kappa shape index (κ1) is 22.8. The zero-order chi connectivity index (χ0) is 22.6. The van der Waals surface area contributed by atoms with Gasteiger partial charge in [0.2, 0.25) is 0 Å². The predicted molar refractivity (Wildman–Crippen MR) is 116 cm³/mol. The third-order valence-electron chi connectivity index (χ3n) is 6.81. The number of aliphatic hydroxyl groups is 1. The van der Waals surface area contributed by atoms with Gasteiger partial charge >= 0.3 is 6.18 Å². The summed E-state index contributed by atoms with van der Waals surface area (Å²) in [6, 6.07) is 5.05. The minimum Gasteiger partial charge on any atom is -0.361 e. The molecular formula is C21H26ClF3N4OS. The molecule has 1 atom stereocenters. The van der Waals surface area contributed by atoms with Crippen molar-refractivity contribution in [2.75, 3.05) is 25.5 Å². The molecule has 0 amide bonds. The molecule has 0 radical (unpaired) electrons. The van der Waals surface area contributed by atoms with E-state index in [-0.39, 0.29) is 11.1 Å². The highest BCUT2D eigenvalue weighted by atomic mass is 35.5. The number of anilines is 1. The van der Waals surface area contributed by atoms with Gasteiger partial charge in [-0.05, 0) is 70.5 Å². The van der Waals surface area contributed by atoms with Crippen molar-refractivity contribution in [3.63, 3.8) is 0 Å². The lowest BCUT2D eigenvalue weighted by atomic mass is 9.71. The summed E-state index contributed by atoms with van der Waals surface area (Å²) in [6.07, 6.45) is -0.842. The van der Waals surface area contributed by atoms with E-state index in [2.05, 4.69) is 35.4 Å². The molecule has 31 heavy (non-hydrogen) atoms. The molecule has 1 aliphatic heterocycles. The highest BCUT2D eigenvalue weighted by molar-refractivity contribution is 7.16. The summed E-state index contributed by atoms with van der Waals surface area (Å²) in [7, 11) is 4.15. The van der Waals surface area contributed by atoms with Gasteiger partial charge in [0, 0.05) is 17.0 Å². The molecule has 1 spiro atoms. The lowest BCUT2D eigenvalue weighted by Crippen LogP contribution is -2.54. The molecule has 0 bridgehead atoms. The largest absolute Gasteiger partial charge is 0.433 e. The maximum absolute atomic E-state index is 13.0. The molecule has 2 aromatic heterocycles. The number of nitrogens with zero attached hydrogens (tertiary/aromatic N) is 3. The molecule has 2 aromatic rings. The SMILES string of the molecule is Cc1cc(C(F)(F)F)ncc1N1C[C@]2(CC[C@](c3ccc(Cl)s3)(N(C)C)CC2)NC1O. The van der Waals surface area contributed by atoms with Gasteiger partial charge in [0.1, 0.15) is 5.69 Å². The van der Waals surface area contributed by atoms with Gasteiger partial charge in [-0.25, -0.2) is 4.98 Å². The molecular weight excluding hydrogens is 449 g/mol. The number of aryl methyl sites for hydroxylation is 1. The van der Waals surface area contributed by atoms with Crippen LogP contribution < -0.4 is 10.2 Å². The molecule has 3 heterocycles. The van der Waals surface area contributed by atoms with E-state index in [4.69, 9.17) is 11.6 Å². The summed E-state index contributed by atoms with van der Waals surface area (Å²) in [4.78, 5) is 8.78. The quantitative estimate of drug-likeness (QED) is 0.682. The first-order valence-corrected chi connectivity index (χ1v) is 11.3. The van der Waals surface area contributed by atoms with Gasteiger partial charge in [-0.3, -0.25) is 10.2 Å². The molecule has 2 aliphatic rings. The van der Waals surface area contributed by atoms with Gasteiger partial charge in [-0.1, -0.05) is 11.6 Å². The van der Waals surface area contributed by atoms with Crippen LogP contribution in [0.25, 0.3) is 0 Å². The zero-order valence-corrected chi connectivity index (χ0v) is 19.2. The second kappa shape index (κ2) is 7.88. The second-order valence-corrected chi connectivity index (χ2v) is 10.5. The average molecular weight is 475 g/mol. The standard InChI is InChI=1S/C21H26ClF3N4OS/c1-13-10-15(21(23,24)25)26-11-14(13)29-12-19(27-18(29)30)6-8-20(9-7-19,28(2)3)16-4-5-17(22)31-16/h4-5,10-11,18,27,30H,6-9,12H2,1-3H3/t18?,19-,20+. The van der Waals surface area contributed by atoms with Crippen LogP contribution in [0.4, 0.5) is 18.9 Å². The number of hydrogen-bond donors (Lipinski definition) is 2. The third kappa shape index (κ3) is 4.06. The summed E-state index contributed by atoms with van der Waals surface area (Å²) >= 11 is 7.80. The number of hydrogen-bond acceptors (Lipinski definition) is 6. The van der Waals surface area contributed by atoms with Crippen molar-refractivity contribution < 1.29 is 18.3 Å². The molecule has 170 valence electrons. The van der Waals surface area contributed by atoms with Crippen LogP contribution in [0.1, 0.15) is 41.8 Å². The number of thiophene rings is 1. The predicted octanol–water partition coefficient (Wildman–Crippen LogP) is 4.58. The summed E-state index contributed by atoms with van der Waals surface area (Å²) in [5.74, 6) is 0. The average Bonchev–Trinajstić information content (AvgIpc) is 3.25. The van der Waals surface area contributed by atoms with Gasteiger partial charge in [-0.15, -0.1) is 11.3 Å². The van der Waals surface area contributed by atoms with Crippen LogP contribution in [-0.2, 0) is 11.7 Å². The Labute approximate surface area is 188 Å². The topological polar surface area (TPSA) is 51.6 Å². The van der Waals surface area contributed by atoms with E-state index in [1.54, 1.807) is 23.2 Å². The molecule has 0 aromatic carbocycles. The zero-order valence-electron chi connectivity index (χ0n) is 17.6. The van der Waals surface area contributed by atoms with Crippen LogP contribution in [0.2, 0.25) is 4.34 Å². The van der Waals surface area contributed by atoms with Crippen LogP contribution in [-0.4, -0.2) is 47.5 Å². The first-order valence-electron chi connectivity index (χ1n) is 10.2. The van der Waals surface area contributed by atoms with E-state index in [0.717, 1.165) is 36.1 Å². The second-order valence-electron chi connectivity index (χ2n) is 8.81. The monoisotopic (exact) mass is 474 g/mol. The van der Waals surface area contributed by atoms with Gasteiger partial charge < -0.3 is 10.0 Å². The number of alkyl halides is 3. The van der Waals surface area contributed by atoms with E-state index < -0.39 is 18.2 Å². The number of rotatable bonds is 3. The minimum atomic E-state index is -4.49. The Bertz CT molecular complexity index is 956. The Morgan fingerprint density at radius 2 is 1.94 bits per heavy atom. The van der Waals surface area contributed by atoms with Crippen LogP contribution in [0.15, 0.2) is 24.4 Å². The van der Waals surface area contributed by atoms with Gasteiger partial charge in [0.25, 0.3) is 0 Å². The lowest BCUT2D eigenvalue weighted by Gasteiger charge is -2.48. The smallest absolute Gasteiger partial charge is 0.361 e. The molecule has 1 unspecified atom stereocenters. The van der Waals surface area contributed by atoms with E-state index >= 15 is 0 Å². The molecule has 5 nitrogen and oxygen atoms in total. The fourth-order valence-corrected chi connectivity index (χ4v) is 6.33. The van der Waals surface area contributed by atoms with E-state index in [1.165, 1.54) is 11.1 Å². The normalized spacial score (nSPS) is 29.3. The Hall–Kier alpha value is -1.39. The molecule has 2 fully saturated rings. The van der Waals surface area contributed by atoms with Crippen molar-refractivity contribution in [2.24, 2.45) is 0 Å². The van der Waals surface area contributed by atoms with Crippen LogP contribution in [0, 0.1) is 6.92 Å². The Balaban J connectivity index is 1.54.